The predicted molar refractivity (Wildman–Crippen MR) is 67.2 cm³/mol. The molecule has 3 heteroatoms. The van der Waals surface area contributed by atoms with Crippen molar-refractivity contribution in [2.45, 2.75) is 39.4 Å². The number of hydrogen-bond acceptors (Lipinski definition) is 2. The van der Waals surface area contributed by atoms with Gasteiger partial charge >= 0.3 is 0 Å². The van der Waals surface area contributed by atoms with E-state index in [1.165, 1.54) is 6.42 Å². The van der Waals surface area contributed by atoms with Crippen LogP contribution in [-0.4, -0.2) is 18.1 Å². The fourth-order valence-electron chi connectivity index (χ4n) is 2.36. The first-order chi connectivity index (χ1) is 8.04. The van der Waals surface area contributed by atoms with Crippen molar-refractivity contribution in [1.82, 2.24) is 5.32 Å². The van der Waals surface area contributed by atoms with Gasteiger partial charge in [0.15, 0.2) is 0 Å². The molecule has 1 amide bonds. The van der Waals surface area contributed by atoms with Crippen molar-refractivity contribution >= 4 is 5.91 Å². The van der Waals surface area contributed by atoms with E-state index in [0.29, 0.717) is 0 Å². The standard InChI is InChI=1S/C9H9NO2.C5H12/c1-4-7-5-2-3-6(12-5)8(7)9(11)10-4;1-4-5(2)3/h2-3,5-8H,1H2,(H,10,11);5H,4H2,1-3H3. The molecule has 4 unspecified atom stereocenters. The van der Waals surface area contributed by atoms with Gasteiger partial charge < -0.3 is 10.1 Å². The number of rotatable bonds is 1. The maximum atomic E-state index is 11.4. The fourth-order valence-corrected chi connectivity index (χ4v) is 2.36. The average Bonchev–Trinajstić information content (AvgIpc) is 2.94. The zero-order chi connectivity index (χ0) is 12.6. The Bertz CT molecular complexity index is 331. The van der Waals surface area contributed by atoms with E-state index in [4.69, 9.17) is 4.74 Å². The Kier molecular flexibility index (Phi) is 3.38. The molecule has 2 bridgehead atoms. The molecule has 0 aliphatic carbocycles. The van der Waals surface area contributed by atoms with Gasteiger partial charge in [-0.1, -0.05) is 45.9 Å². The maximum Gasteiger partial charge on any atom is 0.230 e. The molecule has 2 fully saturated rings. The van der Waals surface area contributed by atoms with Gasteiger partial charge in [-0.15, -0.1) is 0 Å². The molecule has 3 heterocycles. The van der Waals surface area contributed by atoms with Crippen LogP contribution >= 0.6 is 0 Å². The summed E-state index contributed by atoms with van der Waals surface area (Å²) in [6, 6.07) is 0. The van der Waals surface area contributed by atoms with Crippen LogP contribution in [0.4, 0.5) is 0 Å². The topological polar surface area (TPSA) is 38.3 Å². The third-order valence-corrected chi connectivity index (χ3v) is 3.70. The molecule has 17 heavy (non-hydrogen) atoms. The quantitative estimate of drug-likeness (QED) is 0.708. The lowest BCUT2D eigenvalue weighted by atomic mass is 9.84. The van der Waals surface area contributed by atoms with Crippen LogP contribution in [0.15, 0.2) is 24.4 Å². The van der Waals surface area contributed by atoms with Crippen LogP contribution in [-0.2, 0) is 9.53 Å². The summed E-state index contributed by atoms with van der Waals surface area (Å²) in [5.74, 6) is 1.14. The van der Waals surface area contributed by atoms with E-state index in [1.807, 2.05) is 12.2 Å². The van der Waals surface area contributed by atoms with Crippen LogP contribution < -0.4 is 5.32 Å². The first-order valence-corrected chi connectivity index (χ1v) is 6.38. The number of carbonyl (C=O) groups excluding carboxylic acids is 1. The van der Waals surface area contributed by atoms with Crippen LogP contribution in [0.3, 0.4) is 0 Å². The Morgan fingerprint density at radius 1 is 1.35 bits per heavy atom. The van der Waals surface area contributed by atoms with Crippen molar-refractivity contribution in [3.8, 4) is 0 Å². The zero-order valence-corrected chi connectivity index (χ0v) is 10.8. The molecule has 1 N–H and O–H groups in total. The molecule has 0 aromatic heterocycles. The van der Waals surface area contributed by atoms with Gasteiger partial charge in [0, 0.05) is 11.6 Å². The molecule has 0 aromatic carbocycles. The Labute approximate surface area is 103 Å². The molecular formula is C14H21NO2. The second kappa shape index (κ2) is 4.65. The summed E-state index contributed by atoms with van der Waals surface area (Å²) in [6.45, 7) is 10.5. The zero-order valence-electron chi connectivity index (χ0n) is 10.8. The number of nitrogens with one attached hydrogen (secondary N) is 1. The molecule has 0 spiro atoms. The average molecular weight is 235 g/mol. The van der Waals surface area contributed by atoms with Crippen LogP contribution in [0.5, 0.6) is 0 Å². The predicted octanol–water partition coefficient (Wildman–Crippen LogP) is 2.25. The number of fused-ring (bicyclic) bond motifs is 5. The van der Waals surface area contributed by atoms with E-state index in [1.54, 1.807) is 0 Å². The molecule has 0 radical (unpaired) electrons. The Morgan fingerprint density at radius 3 is 2.35 bits per heavy atom. The van der Waals surface area contributed by atoms with Gasteiger partial charge in [-0.05, 0) is 5.92 Å². The number of amides is 1. The lowest BCUT2D eigenvalue weighted by Crippen LogP contribution is -2.26. The monoisotopic (exact) mass is 235 g/mol. The second-order valence-corrected chi connectivity index (χ2v) is 5.32. The molecule has 3 nitrogen and oxygen atoms in total. The summed E-state index contributed by atoms with van der Waals surface area (Å²) < 4.78 is 5.55. The summed E-state index contributed by atoms with van der Waals surface area (Å²) in [6.07, 6.45) is 5.40. The number of hydrogen-bond donors (Lipinski definition) is 1. The summed E-state index contributed by atoms with van der Waals surface area (Å²) in [7, 11) is 0. The largest absolute Gasteiger partial charge is 0.365 e. The fraction of sp³-hybridized carbons (Fsp3) is 0.643. The molecule has 3 rings (SSSR count). The minimum atomic E-state index is -0.00694. The molecular weight excluding hydrogens is 214 g/mol. The highest BCUT2D eigenvalue weighted by Gasteiger charge is 2.54. The number of ether oxygens (including phenoxy) is 1. The molecule has 0 saturated carbocycles. The van der Waals surface area contributed by atoms with Gasteiger partial charge in [0.25, 0.3) is 0 Å². The smallest absolute Gasteiger partial charge is 0.230 e. The molecule has 0 aromatic rings. The van der Waals surface area contributed by atoms with Crippen molar-refractivity contribution < 1.29 is 9.53 Å². The second-order valence-electron chi connectivity index (χ2n) is 5.32. The highest BCUT2D eigenvalue weighted by atomic mass is 16.5. The van der Waals surface area contributed by atoms with E-state index in [9.17, 15) is 4.79 Å². The van der Waals surface area contributed by atoms with E-state index >= 15 is 0 Å². The molecule has 94 valence electrons. The maximum absolute atomic E-state index is 11.4. The highest BCUT2D eigenvalue weighted by molar-refractivity contribution is 5.86. The van der Waals surface area contributed by atoms with E-state index < -0.39 is 0 Å². The third-order valence-electron chi connectivity index (χ3n) is 3.70. The van der Waals surface area contributed by atoms with Gasteiger partial charge in [-0.25, -0.2) is 0 Å². The minimum Gasteiger partial charge on any atom is -0.365 e. The van der Waals surface area contributed by atoms with Crippen molar-refractivity contribution in [3.63, 3.8) is 0 Å². The van der Waals surface area contributed by atoms with Gasteiger partial charge in [0.2, 0.25) is 5.91 Å². The number of carbonyl (C=O) groups is 1. The normalized spacial score (nSPS) is 36.9. The van der Waals surface area contributed by atoms with Crippen molar-refractivity contribution in [3.05, 3.63) is 24.4 Å². The van der Waals surface area contributed by atoms with Crippen LogP contribution in [0.1, 0.15) is 27.2 Å². The first-order valence-electron chi connectivity index (χ1n) is 6.38. The van der Waals surface area contributed by atoms with E-state index in [0.717, 1.165) is 11.6 Å². The van der Waals surface area contributed by atoms with Crippen molar-refractivity contribution in [1.29, 1.82) is 0 Å². The molecule has 3 aliphatic rings. The summed E-state index contributed by atoms with van der Waals surface area (Å²) >= 11 is 0. The Morgan fingerprint density at radius 2 is 1.88 bits per heavy atom. The Hall–Kier alpha value is -1.09. The Balaban J connectivity index is 0.000000188. The van der Waals surface area contributed by atoms with Gasteiger partial charge in [-0.3, -0.25) is 4.79 Å². The summed E-state index contributed by atoms with van der Waals surface area (Å²) in [5.41, 5.74) is 0.821. The SMILES string of the molecule is C=C1NC(=O)C2C3C=CC(O3)C12.CCC(C)C. The summed E-state index contributed by atoms with van der Waals surface area (Å²) in [5, 5.41) is 2.77. The van der Waals surface area contributed by atoms with Gasteiger partial charge in [0.05, 0.1) is 18.1 Å². The van der Waals surface area contributed by atoms with Gasteiger partial charge in [-0.2, -0.15) is 0 Å². The lowest BCUT2D eigenvalue weighted by Gasteiger charge is -2.13. The van der Waals surface area contributed by atoms with Crippen molar-refractivity contribution in [2.75, 3.05) is 0 Å². The van der Waals surface area contributed by atoms with Crippen LogP contribution in [0.25, 0.3) is 0 Å². The first kappa shape index (κ1) is 12.4. The van der Waals surface area contributed by atoms with Crippen molar-refractivity contribution in [2.24, 2.45) is 17.8 Å². The van der Waals surface area contributed by atoms with Crippen LogP contribution in [0, 0.1) is 17.8 Å². The van der Waals surface area contributed by atoms with E-state index in [2.05, 4.69) is 32.7 Å². The lowest BCUT2D eigenvalue weighted by molar-refractivity contribution is -0.123. The van der Waals surface area contributed by atoms with E-state index in [-0.39, 0.29) is 30.0 Å². The summed E-state index contributed by atoms with van der Waals surface area (Å²) in [4.78, 5) is 11.4. The minimum absolute atomic E-state index is 0.000694. The van der Waals surface area contributed by atoms with Gasteiger partial charge in [0.1, 0.15) is 0 Å². The molecule has 3 aliphatic heterocycles. The molecule has 2 saturated heterocycles. The molecule has 4 atom stereocenters. The highest BCUT2D eigenvalue weighted by Crippen LogP contribution is 2.45. The third kappa shape index (κ3) is 2.16. The van der Waals surface area contributed by atoms with Crippen LogP contribution in [0.2, 0.25) is 0 Å².